The molecular formula is C19H24N2O2. The van der Waals surface area contributed by atoms with Gasteiger partial charge < -0.3 is 14.6 Å². The first-order valence-corrected chi connectivity index (χ1v) is 8.30. The highest BCUT2D eigenvalue weighted by atomic mass is 16.4. The fourth-order valence-electron chi connectivity index (χ4n) is 3.45. The molecule has 0 radical (unpaired) electrons. The van der Waals surface area contributed by atoms with Crippen LogP contribution in [0.25, 0.3) is 0 Å². The van der Waals surface area contributed by atoms with Crippen molar-refractivity contribution in [2.24, 2.45) is 0 Å². The molecule has 4 heteroatoms. The summed E-state index contributed by atoms with van der Waals surface area (Å²) in [4.78, 5) is 13.7. The van der Waals surface area contributed by atoms with Crippen LogP contribution in [-0.4, -0.2) is 28.7 Å². The summed E-state index contributed by atoms with van der Waals surface area (Å²) < 4.78 is 2.08. The SMILES string of the molecule is Cc1cc(C(=O)O)c(C)n1Cc1cccc(N2CCCCC2)c1. The molecule has 0 spiro atoms. The summed E-state index contributed by atoms with van der Waals surface area (Å²) in [6, 6.07) is 10.4. The highest BCUT2D eigenvalue weighted by Crippen LogP contribution is 2.23. The molecule has 23 heavy (non-hydrogen) atoms. The van der Waals surface area contributed by atoms with E-state index in [2.05, 4.69) is 33.7 Å². The van der Waals surface area contributed by atoms with Crippen molar-refractivity contribution in [3.63, 3.8) is 0 Å². The van der Waals surface area contributed by atoms with Gasteiger partial charge in [0.15, 0.2) is 0 Å². The van der Waals surface area contributed by atoms with Crippen molar-refractivity contribution in [2.45, 2.75) is 39.7 Å². The minimum absolute atomic E-state index is 0.398. The molecule has 1 aromatic carbocycles. The van der Waals surface area contributed by atoms with E-state index < -0.39 is 5.97 Å². The lowest BCUT2D eigenvalue weighted by Crippen LogP contribution is -2.29. The Bertz CT molecular complexity index is 712. The van der Waals surface area contributed by atoms with Gasteiger partial charge in [-0.15, -0.1) is 0 Å². The van der Waals surface area contributed by atoms with Gasteiger partial charge >= 0.3 is 5.97 Å². The molecule has 3 rings (SSSR count). The van der Waals surface area contributed by atoms with Crippen molar-refractivity contribution in [1.29, 1.82) is 0 Å². The smallest absolute Gasteiger partial charge is 0.337 e. The van der Waals surface area contributed by atoms with Crippen LogP contribution in [-0.2, 0) is 6.54 Å². The van der Waals surface area contributed by atoms with Crippen molar-refractivity contribution < 1.29 is 9.90 Å². The van der Waals surface area contributed by atoms with Gasteiger partial charge in [0.2, 0.25) is 0 Å². The summed E-state index contributed by atoms with van der Waals surface area (Å²) in [5.41, 5.74) is 4.70. The van der Waals surface area contributed by atoms with Crippen LogP contribution in [0.4, 0.5) is 5.69 Å². The fraction of sp³-hybridized carbons (Fsp3) is 0.421. The summed E-state index contributed by atoms with van der Waals surface area (Å²) in [6.07, 6.45) is 3.86. The first-order valence-electron chi connectivity index (χ1n) is 8.30. The second kappa shape index (κ2) is 6.49. The summed E-state index contributed by atoms with van der Waals surface area (Å²) >= 11 is 0. The van der Waals surface area contributed by atoms with E-state index in [0.717, 1.165) is 24.5 Å². The zero-order chi connectivity index (χ0) is 16.4. The average Bonchev–Trinajstić information content (AvgIpc) is 2.84. The lowest BCUT2D eigenvalue weighted by Gasteiger charge is -2.29. The monoisotopic (exact) mass is 312 g/mol. The fourth-order valence-corrected chi connectivity index (χ4v) is 3.45. The number of carbonyl (C=O) groups is 1. The molecule has 1 aromatic heterocycles. The predicted octanol–water partition coefficient (Wildman–Crippen LogP) is 3.84. The molecule has 2 heterocycles. The van der Waals surface area contributed by atoms with Crippen LogP contribution < -0.4 is 4.90 Å². The molecule has 0 aliphatic carbocycles. The van der Waals surface area contributed by atoms with Crippen molar-refractivity contribution in [3.05, 3.63) is 52.8 Å². The third kappa shape index (κ3) is 3.26. The normalized spacial score (nSPS) is 15.0. The third-order valence-electron chi connectivity index (χ3n) is 4.78. The van der Waals surface area contributed by atoms with Gasteiger partial charge in [-0.05, 0) is 56.9 Å². The number of anilines is 1. The molecule has 2 aromatic rings. The number of hydrogen-bond donors (Lipinski definition) is 1. The number of benzene rings is 1. The van der Waals surface area contributed by atoms with Crippen LogP contribution in [0.3, 0.4) is 0 Å². The second-order valence-corrected chi connectivity index (χ2v) is 6.39. The number of aryl methyl sites for hydroxylation is 1. The molecule has 1 N–H and O–H groups in total. The standard InChI is InChI=1S/C19H24N2O2/c1-14-11-18(19(22)23)15(2)21(14)13-16-7-6-8-17(12-16)20-9-4-3-5-10-20/h6-8,11-12H,3-5,9-10,13H2,1-2H3,(H,22,23). The van der Waals surface area contributed by atoms with Crippen LogP contribution >= 0.6 is 0 Å². The van der Waals surface area contributed by atoms with Crippen LogP contribution in [0.1, 0.15) is 46.6 Å². The van der Waals surface area contributed by atoms with E-state index in [1.807, 2.05) is 13.8 Å². The maximum absolute atomic E-state index is 11.3. The van der Waals surface area contributed by atoms with E-state index in [4.69, 9.17) is 0 Å². The quantitative estimate of drug-likeness (QED) is 0.933. The number of aromatic carboxylic acids is 1. The van der Waals surface area contributed by atoms with Gasteiger partial charge in [0, 0.05) is 36.7 Å². The van der Waals surface area contributed by atoms with E-state index in [0.29, 0.717) is 12.1 Å². The van der Waals surface area contributed by atoms with Crippen molar-refractivity contribution in [2.75, 3.05) is 18.0 Å². The zero-order valence-corrected chi connectivity index (χ0v) is 13.9. The Balaban J connectivity index is 1.85. The summed E-state index contributed by atoms with van der Waals surface area (Å²) in [5.74, 6) is -0.855. The number of rotatable bonds is 4. The van der Waals surface area contributed by atoms with E-state index >= 15 is 0 Å². The Labute approximate surface area is 137 Å². The zero-order valence-electron chi connectivity index (χ0n) is 13.9. The molecule has 4 nitrogen and oxygen atoms in total. The molecule has 1 aliphatic heterocycles. The third-order valence-corrected chi connectivity index (χ3v) is 4.78. The molecule has 0 amide bonds. The lowest BCUT2D eigenvalue weighted by atomic mass is 10.1. The van der Waals surface area contributed by atoms with Gasteiger partial charge in [-0.2, -0.15) is 0 Å². The molecule has 0 bridgehead atoms. The number of hydrogen-bond acceptors (Lipinski definition) is 2. The van der Waals surface area contributed by atoms with Crippen molar-refractivity contribution in [1.82, 2.24) is 4.57 Å². The summed E-state index contributed by atoms with van der Waals surface area (Å²) in [7, 11) is 0. The number of carboxylic acid groups (broad SMARTS) is 1. The molecule has 0 unspecified atom stereocenters. The first-order chi connectivity index (χ1) is 11.1. The van der Waals surface area contributed by atoms with Crippen LogP contribution in [0.5, 0.6) is 0 Å². The molecule has 1 fully saturated rings. The predicted molar refractivity (Wildman–Crippen MR) is 92.5 cm³/mol. The van der Waals surface area contributed by atoms with E-state index in [-0.39, 0.29) is 0 Å². The van der Waals surface area contributed by atoms with Crippen LogP contribution in [0.2, 0.25) is 0 Å². The minimum Gasteiger partial charge on any atom is -0.478 e. The minimum atomic E-state index is -0.855. The Morgan fingerprint density at radius 2 is 1.87 bits per heavy atom. The Kier molecular flexibility index (Phi) is 4.42. The summed E-state index contributed by atoms with van der Waals surface area (Å²) in [5, 5.41) is 9.26. The number of piperidine rings is 1. The second-order valence-electron chi connectivity index (χ2n) is 6.39. The summed E-state index contributed by atoms with van der Waals surface area (Å²) in [6.45, 7) is 6.83. The average molecular weight is 312 g/mol. The maximum atomic E-state index is 11.3. The first kappa shape index (κ1) is 15.7. The number of carboxylic acids is 1. The molecule has 122 valence electrons. The van der Waals surface area contributed by atoms with Crippen LogP contribution in [0.15, 0.2) is 30.3 Å². The number of aromatic nitrogens is 1. The van der Waals surface area contributed by atoms with Gasteiger partial charge in [0.1, 0.15) is 0 Å². The van der Waals surface area contributed by atoms with Crippen molar-refractivity contribution in [3.8, 4) is 0 Å². The largest absolute Gasteiger partial charge is 0.478 e. The van der Waals surface area contributed by atoms with E-state index in [9.17, 15) is 9.90 Å². The van der Waals surface area contributed by atoms with E-state index in [1.165, 1.54) is 30.5 Å². The van der Waals surface area contributed by atoms with Gasteiger partial charge in [-0.25, -0.2) is 4.79 Å². The molecule has 1 saturated heterocycles. The van der Waals surface area contributed by atoms with Crippen LogP contribution in [0, 0.1) is 13.8 Å². The Morgan fingerprint density at radius 3 is 2.52 bits per heavy atom. The molecule has 0 atom stereocenters. The maximum Gasteiger partial charge on any atom is 0.337 e. The topological polar surface area (TPSA) is 45.5 Å². The Morgan fingerprint density at radius 1 is 1.13 bits per heavy atom. The molecule has 0 saturated carbocycles. The van der Waals surface area contributed by atoms with Gasteiger partial charge in [-0.3, -0.25) is 0 Å². The number of nitrogens with zero attached hydrogens (tertiary/aromatic N) is 2. The van der Waals surface area contributed by atoms with Crippen molar-refractivity contribution >= 4 is 11.7 Å². The molecular weight excluding hydrogens is 288 g/mol. The molecule has 1 aliphatic rings. The highest BCUT2D eigenvalue weighted by molar-refractivity contribution is 5.89. The van der Waals surface area contributed by atoms with Gasteiger partial charge in [0.05, 0.1) is 5.56 Å². The van der Waals surface area contributed by atoms with Gasteiger partial charge in [-0.1, -0.05) is 12.1 Å². The lowest BCUT2D eigenvalue weighted by molar-refractivity contribution is 0.0696. The highest BCUT2D eigenvalue weighted by Gasteiger charge is 2.15. The van der Waals surface area contributed by atoms with Gasteiger partial charge in [0.25, 0.3) is 0 Å². The Hall–Kier alpha value is -2.23. The van der Waals surface area contributed by atoms with E-state index in [1.54, 1.807) is 6.07 Å².